The van der Waals surface area contributed by atoms with Crippen molar-refractivity contribution in [2.45, 2.75) is 38.4 Å². The van der Waals surface area contributed by atoms with Crippen molar-refractivity contribution in [3.05, 3.63) is 54.6 Å². The Kier molecular flexibility index (Phi) is 5.02. The number of benzene rings is 1. The summed E-state index contributed by atoms with van der Waals surface area (Å²) in [6.45, 7) is 10.0. The van der Waals surface area contributed by atoms with Gasteiger partial charge >= 0.3 is 0 Å². The molecule has 0 aliphatic carbocycles. The lowest BCUT2D eigenvalue weighted by atomic mass is 9.83. The Bertz CT molecular complexity index is 461. The zero-order chi connectivity index (χ0) is 14.5. The zero-order valence-electron chi connectivity index (χ0n) is 12.5. The summed E-state index contributed by atoms with van der Waals surface area (Å²) in [6.07, 6.45) is 5.43. The van der Waals surface area contributed by atoms with Crippen molar-refractivity contribution < 1.29 is 9.47 Å². The highest BCUT2D eigenvalue weighted by molar-refractivity contribution is 5.30. The van der Waals surface area contributed by atoms with Crippen LogP contribution in [0.4, 0.5) is 0 Å². The molecule has 1 fully saturated rings. The highest BCUT2D eigenvalue weighted by Crippen LogP contribution is 2.40. The summed E-state index contributed by atoms with van der Waals surface area (Å²) in [6, 6.07) is 8.17. The van der Waals surface area contributed by atoms with Gasteiger partial charge in [0.25, 0.3) is 0 Å². The van der Waals surface area contributed by atoms with E-state index in [0.29, 0.717) is 5.92 Å². The summed E-state index contributed by atoms with van der Waals surface area (Å²) >= 11 is 0. The van der Waals surface area contributed by atoms with Gasteiger partial charge in [-0.25, -0.2) is 0 Å². The fourth-order valence-electron chi connectivity index (χ4n) is 2.86. The molecule has 1 saturated heterocycles. The minimum atomic E-state index is 0.0945. The number of hydrogen-bond acceptors (Lipinski definition) is 2. The van der Waals surface area contributed by atoms with Crippen molar-refractivity contribution in [1.29, 1.82) is 0 Å². The maximum atomic E-state index is 6.29. The van der Waals surface area contributed by atoms with Crippen LogP contribution in [0, 0.1) is 5.92 Å². The van der Waals surface area contributed by atoms with Gasteiger partial charge < -0.3 is 9.47 Å². The van der Waals surface area contributed by atoms with E-state index in [4.69, 9.17) is 9.47 Å². The smallest absolute Gasteiger partial charge is 0.118 e. The van der Waals surface area contributed by atoms with Crippen LogP contribution in [-0.4, -0.2) is 13.2 Å². The van der Waals surface area contributed by atoms with E-state index in [-0.39, 0.29) is 12.2 Å². The van der Waals surface area contributed by atoms with Gasteiger partial charge in [-0.2, -0.15) is 0 Å². The van der Waals surface area contributed by atoms with Crippen molar-refractivity contribution in [3.8, 4) is 5.75 Å². The summed E-state index contributed by atoms with van der Waals surface area (Å²) in [5, 5.41) is 0. The summed E-state index contributed by atoms with van der Waals surface area (Å²) in [4.78, 5) is 0. The monoisotopic (exact) mass is 272 g/mol. The molecule has 0 unspecified atom stereocenters. The molecule has 1 aliphatic heterocycles. The summed E-state index contributed by atoms with van der Waals surface area (Å²) in [7, 11) is 1.68. The van der Waals surface area contributed by atoms with Crippen LogP contribution in [0.25, 0.3) is 0 Å². The second-order valence-electron chi connectivity index (χ2n) is 5.51. The molecule has 1 heterocycles. The van der Waals surface area contributed by atoms with Crippen molar-refractivity contribution in [1.82, 2.24) is 0 Å². The van der Waals surface area contributed by atoms with E-state index < -0.39 is 0 Å². The SMILES string of the molecule is C=CC[C@@H]1CC[C@@H](C(=C)C)[C@H](c2ccc(OC)cc2)O1. The first-order chi connectivity index (χ1) is 9.65. The third-order valence-corrected chi connectivity index (χ3v) is 4.01. The average molecular weight is 272 g/mol. The van der Waals surface area contributed by atoms with Crippen molar-refractivity contribution >= 4 is 0 Å². The van der Waals surface area contributed by atoms with Gasteiger partial charge in [0.05, 0.1) is 19.3 Å². The predicted molar refractivity (Wildman–Crippen MR) is 83.0 cm³/mol. The third-order valence-electron chi connectivity index (χ3n) is 4.01. The molecule has 0 bridgehead atoms. The van der Waals surface area contributed by atoms with Gasteiger partial charge in [0, 0.05) is 5.92 Å². The molecule has 1 aromatic rings. The predicted octanol–water partition coefficient (Wildman–Crippen LogP) is 4.68. The van der Waals surface area contributed by atoms with Crippen LogP contribution in [0.3, 0.4) is 0 Å². The van der Waals surface area contributed by atoms with E-state index in [0.717, 1.165) is 25.0 Å². The summed E-state index contributed by atoms with van der Waals surface area (Å²) in [5.41, 5.74) is 2.40. The van der Waals surface area contributed by atoms with Gasteiger partial charge in [0.1, 0.15) is 5.75 Å². The molecule has 0 spiro atoms. The molecule has 1 aliphatic rings. The van der Waals surface area contributed by atoms with E-state index in [1.165, 1.54) is 11.1 Å². The van der Waals surface area contributed by atoms with E-state index in [9.17, 15) is 0 Å². The first-order valence-electron chi connectivity index (χ1n) is 7.21. The number of methoxy groups -OCH3 is 1. The molecule has 108 valence electrons. The summed E-state index contributed by atoms with van der Waals surface area (Å²) in [5.74, 6) is 1.27. The molecule has 2 nitrogen and oxygen atoms in total. The Morgan fingerprint density at radius 1 is 1.35 bits per heavy atom. The molecule has 0 radical (unpaired) electrons. The molecule has 2 rings (SSSR count). The minimum absolute atomic E-state index is 0.0945. The van der Waals surface area contributed by atoms with Gasteiger partial charge in [0.15, 0.2) is 0 Å². The average Bonchev–Trinajstić information content (AvgIpc) is 2.47. The lowest BCUT2D eigenvalue weighted by molar-refractivity contribution is -0.0743. The number of rotatable bonds is 5. The Balaban J connectivity index is 2.21. The Hall–Kier alpha value is -1.54. The molecule has 0 N–H and O–H groups in total. The molecule has 20 heavy (non-hydrogen) atoms. The molecular weight excluding hydrogens is 248 g/mol. The first-order valence-corrected chi connectivity index (χ1v) is 7.21. The molecular formula is C18H24O2. The molecule has 1 aromatic carbocycles. The summed E-state index contributed by atoms with van der Waals surface area (Å²) < 4.78 is 11.5. The van der Waals surface area contributed by atoms with Crippen LogP contribution in [0.15, 0.2) is 49.1 Å². The lowest BCUT2D eigenvalue weighted by Crippen LogP contribution is -2.29. The highest BCUT2D eigenvalue weighted by Gasteiger charge is 2.32. The second-order valence-corrected chi connectivity index (χ2v) is 5.51. The maximum Gasteiger partial charge on any atom is 0.118 e. The van der Waals surface area contributed by atoms with Crippen molar-refractivity contribution in [2.75, 3.05) is 7.11 Å². The van der Waals surface area contributed by atoms with Crippen molar-refractivity contribution in [3.63, 3.8) is 0 Å². The Morgan fingerprint density at radius 3 is 2.60 bits per heavy atom. The largest absolute Gasteiger partial charge is 0.497 e. The van der Waals surface area contributed by atoms with Crippen LogP contribution < -0.4 is 4.74 Å². The fraction of sp³-hybridized carbons (Fsp3) is 0.444. The molecule has 3 atom stereocenters. The van der Waals surface area contributed by atoms with Gasteiger partial charge in [0.2, 0.25) is 0 Å². The molecule has 0 saturated carbocycles. The van der Waals surface area contributed by atoms with Crippen molar-refractivity contribution in [2.24, 2.45) is 5.92 Å². The van der Waals surface area contributed by atoms with Gasteiger partial charge in [-0.3, -0.25) is 0 Å². The maximum absolute atomic E-state index is 6.29. The number of ether oxygens (including phenoxy) is 2. The second kappa shape index (κ2) is 6.76. The fourth-order valence-corrected chi connectivity index (χ4v) is 2.86. The van der Waals surface area contributed by atoms with E-state index >= 15 is 0 Å². The highest BCUT2D eigenvalue weighted by atomic mass is 16.5. The van der Waals surface area contributed by atoms with Gasteiger partial charge in [-0.1, -0.05) is 30.4 Å². The topological polar surface area (TPSA) is 18.5 Å². The molecule has 0 amide bonds. The van der Waals surface area contributed by atoms with Crippen LogP contribution in [0.2, 0.25) is 0 Å². The lowest BCUT2D eigenvalue weighted by Gasteiger charge is -2.37. The minimum Gasteiger partial charge on any atom is -0.497 e. The molecule has 2 heteroatoms. The van der Waals surface area contributed by atoms with E-state index in [1.54, 1.807) is 7.11 Å². The third kappa shape index (κ3) is 3.31. The Labute approximate surface area is 122 Å². The Morgan fingerprint density at radius 2 is 2.05 bits per heavy atom. The van der Waals surface area contributed by atoms with Crippen LogP contribution in [0.5, 0.6) is 5.75 Å². The van der Waals surface area contributed by atoms with Crippen LogP contribution in [0.1, 0.15) is 37.9 Å². The first kappa shape index (κ1) is 14.9. The standard InChI is InChI=1S/C18H24O2/c1-5-6-16-11-12-17(13(2)3)18(20-16)14-7-9-15(19-4)10-8-14/h5,7-10,16-18H,1-2,6,11-12H2,3-4H3/t16-,17+,18+/m1/s1. The van der Waals surface area contributed by atoms with E-state index in [2.05, 4.69) is 32.2 Å². The van der Waals surface area contributed by atoms with Gasteiger partial charge in [-0.15, -0.1) is 6.58 Å². The van der Waals surface area contributed by atoms with Crippen LogP contribution >= 0.6 is 0 Å². The molecule has 0 aromatic heterocycles. The van der Waals surface area contributed by atoms with Crippen LogP contribution in [-0.2, 0) is 4.74 Å². The number of hydrogen-bond donors (Lipinski definition) is 0. The van der Waals surface area contributed by atoms with E-state index in [1.807, 2.05) is 18.2 Å². The zero-order valence-corrected chi connectivity index (χ0v) is 12.5. The quantitative estimate of drug-likeness (QED) is 0.724. The normalized spacial score (nSPS) is 26.0. The van der Waals surface area contributed by atoms with Gasteiger partial charge in [-0.05, 0) is 43.9 Å².